The Morgan fingerprint density at radius 2 is 1.77 bits per heavy atom. The van der Waals surface area contributed by atoms with Gasteiger partial charge in [-0.1, -0.05) is 59.6 Å². The molecule has 2 heterocycles. The molecule has 0 saturated heterocycles. The summed E-state index contributed by atoms with van der Waals surface area (Å²) in [6.07, 6.45) is 0.861. The number of para-hydroxylation sites is 2. The van der Waals surface area contributed by atoms with Gasteiger partial charge in [0.25, 0.3) is 5.91 Å². The molecule has 0 spiro atoms. The van der Waals surface area contributed by atoms with Crippen LogP contribution in [0.4, 0.5) is 5.69 Å². The van der Waals surface area contributed by atoms with Gasteiger partial charge in [-0.3, -0.25) is 4.79 Å². The average Bonchev–Trinajstić information content (AvgIpc) is 3.17. The Morgan fingerprint density at radius 1 is 1.00 bits per heavy atom. The van der Waals surface area contributed by atoms with E-state index in [9.17, 15) is 4.79 Å². The summed E-state index contributed by atoms with van der Waals surface area (Å²) in [5.41, 5.74) is 5.88. The molecule has 0 aliphatic carbocycles. The van der Waals surface area contributed by atoms with E-state index < -0.39 is 0 Å². The normalized spacial score (nSPS) is 13.0. The Bertz CT molecular complexity index is 1320. The standard InChI is InChI=1S/C25H18Cl2N2O/c1-15-23(25(30)29-13-12-16-6-2-5-9-22(16)29)19-7-3-4-8-21(19)28-24(15)18-11-10-17(26)14-20(18)27/h2-11,14H,12-13H2,1H3. The third-order valence-electron chi connectivity index (χ3n) is 5.67. The number of carbonyl (C=O) groups is 1. The van der Waals surface area contributed by atoms with Crippen LogP contribution in [0.5, 0.6) is 0 Å². The van der Waals surface area contributed by atoms with Crippen molar-refractivity contribution in [1.82, 2.24) is 4.98 Å². The smallest absolute Gasteiger partial charge is 0.259 e. The Labute approximate surface area is 184 Å². The molecule has 0 radical (unpaired) electrons. The number of rotatable bonds is 2. The molecule has 0 fully saturated rings. The summed E-state index contributed by atoms with van der Waals surface area (Å²) < 4.78 is 0. The monoisotopic (exact) mass is 432 g/mol. The summed E-state index contributed by atoms with van der Waals surface area (Å²) in [5, 5.41) is 1.92. The van der Waals surface area contributed by atoms with E-state index in [2.05, 4.69) is 6.07 Å². The van der Waals surface area contributed by atoms with Crippen LogP contribution in [0.15, 0.2) is 66.7 Å². The lowest BCUT2D eigenvalue weighted by Crippen LogP contribution is -2.30. The zero-order valence-electron chi connectivity index (χ0n) is 16.3. The highest BCUT2D eigenvalue weighted by Gasteiger charge is 2.29. The second kappa shape index (κ2) is 7.42. The number of nitrogens with zero attached hydrogens (tertiary/aromatic N) is 2. The maximum absolute atomic E-state index is 13.8. The number of hydrogen-bond donors (Lipinski definition) is 0. The van der Waals surface area contributed by atoms with Gasteiger partial charge in [0, 0.05) is 28.2 Å². The SMILES string of the molecule is Cc1c(-c2ccc(Cl)cc2Cl)nc2ccccc2c1C(=O)N1CCc2ccccc21. The van der Waals surface area contributed by atoms with E-state index in [1.54, 1.807) is 12.1 Å². The molecule has 3 aromatic carbocycles. The van der Waals surface area contributed by atoms with Gasteiger partial charge in [-0.2, -0.15) is 0 Å². The minimum absolute atomic E-state index is 0.0117. The quantitative estimate of drug-likeness (QED) is 0.352. The van der Waals surface area contributed by atoms with Crippen molar-refractivity contribution in [3.8, 4) is 11.3 Å². The Kier molecular flexibility index (Phi) is 4.73. The topological polar surface area (TPSA) is 33.2 Å². The number of aromatic nitrogens is 1. The van der Waals surface area contributed by atoms with E-state index in [0.29, 0.717) is 27.8 Å². The number of pyridine rings is 1. The Morgan fingerprint density at radius 3 is 2.60 bits per heavy atom. The van der Waals surface area contributed by atoms with Crippen molar-refractivity contribution in [2.24, 2.45) is 0 Å². The van der Waals surface area contributed by atoms with Gasteiger partial charge in [0.2, 0.25) is 0 Å². The second-order valence-corrected chi connectivity index (χ2v) is 8.28. The first-order chi connectivity index (χ1) is 14.5. The number of anilines is 1. The van der Waals surface area contributed by atoms with E-state index in [4.69, 9.17) is 28.2 Å². The molecule has 0 unspecified atom stereocenters. The molecular weight excluding hydrogens is 415 g/mol. The highest BCUT2D eigenvalue weighted by molar-refractivity contribution is 6.36. The minimum atomic E-state index is -0.0117. The molecule has 30 heavy (non-hydrogen) atoms. The molecule has 0 N–H and O–H groups in total. The number of amides is 1. The first kappa shape index (κ1) is 19.1. The second-order valence-electron chi connectivity index (χ2n) is 7.44. The van der Waals surface area contributed by atoms with Gasteiger partial charge >= 0.3 is 0 Å². The molecule has 5 heteroatoms. The zero-order chi connectivity index (χ0) is 20.8. The summed E-state index contributed by atoms with van der Waals surface area (Å²) in [5.74, 6) is -0.0117. The van der Waals surface area contributed by atoms with Crippen LogP contribution in [-0.4, -0.2) is 17.4 Å². The van der Waals surface area contributed by atoms with Crippen LogP contribution in [0.25, 0.3) is 22.2 Å². The van der Waals surface area contributed by atoms with Crippen molar-refractivity contribution in [3.63, 3.8) is 0 Å². The zero-order valence-corrected chi connectivity index (χ0v) is 17.8. The number of benzene rings is 3. The minimum Gasteiger partial charge on any atom is -0.308 e. The van der Waals surface area contributed by atoms with Crippen molar-refractivity contribution in [1.29, 1.82) is 0 Å². The van der Waals surface area contributed by atoms with Crippen LogP contribution in [0.2, 0.25) is 10.0 Å². The first-order valence-corrected chi connectivity index (χ1v) is 10.5. The van der Waals surface area contributed by atoms with Crippen LogP contribution in [-0.2, 0) is 6.42 Å². The van der Waals surface area contributed by atoms with Crippen LogP contribution in [0.3, 0.4) is 0 Å². The summed E-state index contributed by atoms with van der Waals surface area (Å²) in [7, 11) is 0. The van der Waals surface area contributed by atoms with E-state index in [1.165, 1.54) is 5.56 Å². The molecule has 0 saturated carbocycles. The van der Waals surface area contributed by atoms with Gasteiger partial charge in [0.1, 0.15) is 0 Å². The predicted octanol–water partition coefficient (Wildman–Crippen LogP) is 6.72. The molecule has 0 atom stereocenters. The summed E-state index contributed by atoms with van der Waals surface area (Å²) in [6.45, 7) is 2.61. The molecule has 0 bridgehead atoms. The van der Waals surface area contributed by atoms with E-state index >= 15 is 0 Å². The fourth-order valence-corrected chi connectivity index (χ4v) is 4.71. The third-order valence-corrected chi connectivity index (χ3v) is 6.22. The largest absolute Gasteiger partial charge is 0.308 e. The molecule has 1 aromatic heterocycles. The summed E-state index contributed by atoms with van der Waals surface area (Å²) in [6, 6.07) is 21.2. The third kappa shape index (κ3) is 3.06. The van der Waals surface area contributed by atoms with Gasteiger partial charge in [-0.25, -0.2) is 4.98 Å². The van der Waals surface area contributed by atoms with Gasteiger partial charge in [-0.15, -0.1) is 0 Å². The van der Waals surface area contributed by atoms with Gasteiger partial charge in [0.05, 0.1) is 21.8 Å². The number of carbonyl (C=O) groups excluding carboxylic acids is 1. The lowest BCUT2D eigenvalue weighted by molar-refractivity contribution is 0.0990. The summed E-state index contributed by atoms with van der Waals surface area (Å²) >= 11 is 12.6. The molecule has 1 aliphatic rings. The predicted molar refractivity (Wildman–Crippen MR) is 124 cm³/mol. The van der Waals surface area contributed by atoms with Crippen molar-refractivity contribution in [3.05, 3.63) is 93.5 Å². The van der Waals surface area contributed by atoms with E-state index in [0.717, 1.165) is 34.1 Å². The number of hydrogen-bond acceptors (Lipinski definition) is 2. The molecule has 148 valence electrons. The number of halogens is 2. The molecule has 5 rings (SSSR count). The molecule has 4 aromatic rings. The van der Waals surface area contributed by atoms with E-state index in [-0.39, 0.29) is 5.91 Å². The van der Waals surface area contributed by atoms with Crippen LogP contribution in [0.1, 0.15) is 21.5 Å². The highest BCUT2D eigenvalue weighted by atomic mass is 35.5. The molecule has 1 amide bonds. The van der Waals surface area contributed by atoms with Gasteiger partial charge in [-0.05, 0) is 54.8 Å². The van der Waals surface area contributed by atoms with E-state index in [1.807, 2.05) is 60.4 Å². The first-order valence-electron chi connectivity index (χ1n) is 9.79. The van der Waals surface area contributed by atoms with Gasteiger partial charge in [0.15, 0.2) is 0 Å². The lowest BCUT2D eigenvalue weighted by atomic mass is 9.96. The fourth-order valence-electron chi connectivity index (χ4n) is 4.21. The van der Waals surface area contributed by atoms with Crippen molar-refractivity contribution in [2.75, 3.05) is 11.4 Å². The van der Waals surface area contributed by atoms with Crippen molar-refractivity contribution in [2.45, 2.75) is 13.3 Å². The van der Waals surface area contributed by atoms with Crippen molar-refractivity contribution < 1.29 is 4.79 Å². The Balaban J connectivity index is 1.74. The maximum Gasteiger partial charge on any atom is 0.259 e. The van der Waals surface area contributed by atoms with Crippen LogP contribution < -0.4 is 4.90 Å². The molecular formula is C25H18Cl2N2O. The lowest BCUT2D eigenvalue weighted by Gasteiger charge is -2.21. The molecule has 3 nitrogen and oxygen atoms in total. The van der Waals surface area contributed by atoms with Crippen molar-refractivity contribution >= 4 is 45.7 Å². The van der Waals surface area contributed by atoms with Crippen LogP contribution in [0, 0.1) is 6.92 Å². The number of fused-ring (bicyclic) bond motifs is 2. The Hall–Kier alpha value is -2.88. The molecule has 1 aliphatic heterocycles. The van der Waals surface area contributed by atoms with Gasteiger partial charge < -0.3 is 4.90 Å². The van der Waals surface area contributed by atoms with Crippen LogP contribution >= 0.6 is 23.2 Å². The fraction of sp³-hybridized carbons (Fsp3) is 0.120. The average molecular weight is 433 g/mol. The summed E-state index contributed by atoms with van der Waals surface area (Å²) in [4.78, 5) is 20.5. The highest BCUT2D eigenvalue weighted by Crippen LogP contribution is 2.37. The maximum atomic E-state index is 13.8.